The van der Waals surface area contributed by atoms with Crippen molar-refractivity contribution in [3.8, 4) is 5.75 Å². The Labute approximate surface area is 111 Å². The lowest BCUT2D eigenvalue weighted by atomic mass is 9.91. The lowest BCUT2D eigenvalue weighted by Crippen LogP contribution is -2.30. The second-order valence-corrected chi connectivity index (χ2v) is 5.57. The van der Waals surface area contributed by atoms with Crippen LogP contribution in [0.15, 0.2) is 24.3 Å². The number of methoxy groups -OCH3 is 1. The third-order valence-electron chi connectivity index (χ3n) is 4.37. The summed E-state index contributed by atoms with van der Waals surface area (Å²) >= 11 is 0. The maximum absolute atomic E-state index is 6.38. The molecule has 1 aliphatic carbocycles. The van der Waals surface area contributed by atoms with Gasteiger partial charge in [-0.3, -0.25) is 0 Å². The van der Waals surface area contributed by atoms with Crippen molar-refractivity contribution < 1.29 is 4.74 Å². The molecule has 1 aliphatic rings. The van der Waals surface area contributed by atoms with E-state index in [1.54, 1.807) is 7.11 Å². The average molecular weight is 247 g/mol. The standard InChI is InChI=1S/C16H25NO/c1-3-12-7-8-14(9-12)16(17)11-13-5-4-6-15(10-13)18-2/h4-6,10,12,14,16H,3,7-9,11,17H2,1-2H3. The van der Waals surface area contributed by atoms with Gasteiger partial charge < -0.3 is 10.5 Å². The molecular weight excluding hydrogens is 222 g/mol. The average Bonchev–Trinajstić information content (AvgIpc) is 2.88. The van der Waals surface area contributed by atoms with Gasteiger partial charge in [0.15, 0.2) is 0 Å². The van der Waals surface area contributed by atoms with Crippen molar-refractivity contribution in [1.29, 1.82) is 0 Å². The molecule has 3 atom stereocenters. The van der Waals surface area contributed by atoms with Crippen LogP contribution in [0.4, 0.5) is 0 Å². The SMILES string of the molecule is CCC1CCC(C(N)Cc2cccc(OC)c2)C1. The molecule has 2 N–H and O–H groups in total. The summed E-state index contributed by atoms with van der Waals surface area (Å²) in [5.74, 6) is 2.55. The summed E-state index contributed by atoms with van der Waals surface area (Å²) in [6.45, 7) is 2.29. The van der Waals surface area contributed by atoms with E-state index in [4.69, 9.17) is 10.5 Å². The highest BCUT2D eigenvalue weighted by atomic mass is 16.5. The molecule has 2 rings (SSSR count). The number of ether oxygens (including phenoxy) is 1. The third-order valence-corrected chi connectivity index (χ3v) is 4.37. The number of rotatable bonds is 5. The van der Waals surface area contributed by atoms with Gasteiger partial charge in [-0.2, -0.15) is 0 Å². The molecule has 0 saturated heterocycles. The third kappa shape index (κ3) is 3.26. The minimum atomic E-state index is 0.300. The van der Waals surface area contributed by atoms with Gasteiger partial charge in [-0.15, -0.1) is 0 Å². The molecule has 2 heteroatoms. The van der Waals surface area contributed by atoms with Crippen LogP contribution in [0.25, 0.3) is 0 Å². The maximum atomic E-state index is 6.38. The van der Waals surface area contributed by atoms with E-state index in [0.717, 1.165) is 18.1 Å². The number of nitrogens with two attached hydrogens (primary N) is 1. The van der Waals surface area contributed by atoms with Crippen molar-refractivity contribution >= 4 is 0 Å². The first-order valence-corrected chi connectivity index (χ1v) is 7.11. The zero-order chi connectivity index (χ0) is 13.0. The number of hydrogen-bond donors (Lipinski definition) is 1. The second kappa shape index (κ2) is 6.24. The summed E-state index contributed by atoms with van der Waals surface area (Å²) in [7, 11) is 1.71. The fraction of sp³-hybridized carbons (Fsp3) is 0.625. The first kappa shape index (κ1) is 13.4. The van der Waals surface area contributed by atoms with E-state index in [1.165, 1.54) is 31.2 Å². The Morgan fingerprint density at radius 2 is 2.22 bits per heavy atom. The van der Waals surface area contributed by atoms with Crippen molar-refractivity contribution in [1.82, 2.24) is 0 Å². The van der Waals surface area contributed by atoms with Crippen LogP contribution in [0.2, 0.25) is 0 Å². The quantitative estimate of drug-likeness (QED) is 0.865. The van der Waals surface area contributed by atoms with Gasteiger partial charge in [0.1, 0.15) is 5.75 Å². The lowest BCUT2D eigenvalue weighted by molar-refractivity contribution is 0.401. The van der Waals surface area contributed by atoms with Crippen LogP contribution in [0.3, 0.4) is 0 Å². The van der Waals surface area contributed by atoms with Crippen molar-refractivity contribution in [2.75, 3.05) is 7.11 Å². The summed E-state index contributed by atoms with van der Waals surface area (Å²) in [4.78, 5) is 0. The van der Waals surface area contributed by atoms with Crippen LogP contribution in [0.1, 0.15) is 38.2 Å². The van der Waals surface area contributed by atoms with Gasteiger partial charge >= 0.3 is 0 Å². The zero-order valence-corrected chi connectivity index (χ0v) is 11.6. The molecule has 0 amide bonds. The van der Waals surface area contributed by atoms with Crippen LogP contribution in [-0.2, 0) is 6.42 Å². The van der Waals surface area contributed by atoms with E-state index in [1.807, 2.05) is 12.1 Å². The van der Waals surface area contributed by atoms with Gasteiger partial charge in [-0.1, -0.05) is 31.9 Å². The van der Waals surface area contributed by atoms with Crippen molar-refractivity contribution in [2.24, 2.45) is 17.6 Å². The van der Waals surface area contributed by atoms with E-state index in [9.17, 15) is 0 Å². The van der Waals surface area contributed by atoms with E-state index in [0.29, 0.717) is 12.0 Å². The molecule has 1 saturated carbocycles. The fourth-order valence-corrected chi connectivity index (χ4v) is 3.11. The maximum Gasteiger partial charge on any atom is 0.119 e. The summed E-state index contributed by atoms with van der Waals surface area (Å²) < 4.78 is 5.26. The molecule has 0 aliphatic heterocycles. The van der Waals surface area contributed by atoms with E-state index < -0.39 is 0 Å². The zero-order valence-electron chi connectivity index (χ0n) is 11.6. The summed E-state index contributed by atoms with van der Waals surface area (Å²) in [6.07, 6.45) is 6.28. The molecule has 0 bridgehead atoms. The van der Waals surface area contributed by atoms with Gasteiger partial charge in [0, 0.05) is 6.04 Å². The van der Waals surface area contributed by atoms with Gasteiger partial charge in [-0.25, -0.2) is 0 Å². The number of benzene rings is 1. The fourth-order valence-electron chi connectivity index (χ4n) is 3.11. The molecule has 0 heterocycles. The molecule has 0 radical (unpaired) electrons. The van der Waals surface area contributed by atoms with Crippen molar-refractivity contribution in [3.05, 3.63) is 29.8 Å². The Balaban J connectivity index is 1.92. The molecule has 1 aromatic carbocycles. The molecular formula is C16H25NO. The molecule has 1 fully saturated rings. The van der Waals surface area contributed by atoms with Crippen molar-refractivity contribution in [2.45, 2.75) is 45.1 Å². The molecule has 100 valence electrons. The Morgan fingerprint density at radius 3 is 2.89 bits per heavy atom. The van der Waals surface area contributed by atoms with Gasteiger partial charge in [0.2, 0.25) is 0 Å². The van der Waals surface area contributed by atoms with Gasteiger partial charge in [0.05, 0.1) is 7.11 Å². The second-order valence-electron chi connectivity index (χ2n) is 5.57. The Bertz CT molecular complexity index is 377. The predicted molar refractivity (Wildman–Crippen MR) is 75.8 cm³/mol. The summed E-state index contributed by atoms with van der Waals surface area (Å²) in [6, 6.07) is 8.58. The largest absolute Gasteiger partial charge is 0.497 e. The molecule has 0 aromatic heterocycles. The monoisotopic (exact) mass is 247 g/mol. The first-order chi connectivity index (χ1) is 8.72. The molecule has 1 aromatic rings. The van der Waals surface area contributed by atoms with Gasteiger partial charge in [0.25, 0.3) is 0 Å². The normalized spacial score (nSPS) is 25.1. The predicted octanol–water partition coefficient (Wildman–Crippen LogP) is 3.39. The molecule has 3 unspecified atom stereocenters. The van der Waals surface area contributed by atoms with E-state index in [2.05, 4.69) is 19.1 Å². The highest BCUT2D eigenvalue weighted by Gasteiger charge is 2.27. The summed E-state index contributed by atoms with van der Waals surface area (Å²) in [5, 5.41) is 0. The highest BCUT2D eigenvalue weighted by molar-refractivity contribution is 5.29. The van der Waals surface area contributed by atoms with Crippen LogP contribution in [-0.4, -0.2) is 13.2 Å². The van der Waals surface area contributed by atoms with Gasteiger partial charge in [-0.05, 0) is 48.8 Å². The van der Waals surface area contributed by atoms with Crippen LogP contribution >= 0.6 is 0 Å². The van der Waals surface area contributed by atoms with E-state index in [-0.39, 0.29) is 0 Å². The van der Waals surface area contributed by atoms with Crippen LogP contribution in [0.5, 0.6) is 5.75 Å². The highest BCUT2D eigenvalue weighted by Crippen LogP contribution is 2.35. The Hall–Kier alpha value is -1.02. The summed E-state index contributed by atoms with van der Waals surface area (Å²) in [5.41, 5.74) is 7.67. The topological polar surface area (TPSA) is 35.2 Å². The van der Waals surface area contributed by atoms with Crippen LogP contribution in [0, 0.1) is 11.8 Å². The van der Waals surface area contributed by atoms with Crippen molar-refractivity contribution in [3.63, 3.8) is 0 Å². The number of hydrogen-bond acceptors (Lipinski definition) is 2. The molecule has 0 spiro atoms. The lowest BCUT2D eigenvalue weighted by Gasteiger charge is -2.19. The minimum Gasteiger partial charge on any atom is -0.497 e. The Kier molecular flexibility index (Phi) is 4.65. The molecule has 18 heavy (non-hydrogen) atoms. The Morgan fingerprint density at radius 1 is 1.39 bits per heavy atom. The smallest absolute Gasteiger partial charge is 0.119 e. The minimum absolute atomic E-state index is 0.300. The van der Waals surface area contributed by atoms with E-state index >= 15 is 0 Å². The molecule has 2 nitrogen and oxygen atoms in total. The first-order valence-electron chi connectivity index (χ1n) is 7.11. The van der Waals surface area contributed by atoms with Crippen LogP contribution < -0.4 is 10.5 Å².